The van der Waals surface area contributed by atoms with Gasteiger partial charge in [0.2, 0.25) is 5.91 Å². The van der Waals surface area contributed by atoms with Crippen LogP contribution >= 0.6 is 34.5 Å². The first-order chi connectivity index (χ1) is 8.69. The van der Waals surface area contributed by atoms with Gasteiger partial charge < -0.3 is 5.32 Å². The zero-order valence-corrected chi connectivity index (χ0v) is 11.6. The molecule has 0 radical (unpaired) electrons. The van der Waals surface area contributed by atoms with E-state index in [0.717, 1.165) is 10.7 Å². The number of nitrogens with one attached hydrogen (secondary N) is 1. The summed E-state index contributed by atoms with van der Waals surface area (Å²) in [5, 5.41) is 5.87. The van der Waals surface area contributed by atoms with Crippen molar-refractivity contribution in [3.05, 3.63) is 45.4 Å². The maximum absolute atomic E-state index is 11.8. The maximum atomic E-state index is 11.8. The quantitative estimate of drug-likeness (QED) is 0.875. The normalized spacial score (nSPS) is 10.3. The van der Waals surface area contributed by atoms with E-state index in [2.05, 4.69) is 10.3 Å². The van der Waals surface area contributed by atoms with Gasteiger partial charge in [-0.2, -0.15) is 0 Å². The topological polar surface area (TPSA) is 42.0 Å². The lowest BCUT2D eigenvalue weighted by Gasteiger charge is -2.05. The molecule has 0 aliphatic carbocycles. The number of halogens is 2. The molecule has 0 spiro atoms. The fraction of sp³-hybridized carbons (Fsp3) is 0.167. The number of nitrogens with zero attached hydrogens (tertiary/aromatic N) is 1. The van der Waals surface area contributed by atoms with Crippen molar-refractivity contribution in [2.45, 2.75) is 12.3 Å². The summed E-state index contributed by atoms with van der Waals surface area (Å²) in [5.74, 6) is 0.224. The predicted octanol–water partition coefficient (Wildman–Crippen LogP) is 3.72. The number of alkyl halides is 1. The van der Waals surface area contributed by atoms with Crippen molar-refractivity contribution in [1.29, 1.82) is 0 Å². The first kappa shape index (κ1) is 13.3. The maximum Gasteiger partial charge on any atom is 0.231 e. The van der Waals surface area contributed by atoms with Gasteiger partial charge in [-0.05, 0) is 12.1 Å². The van der Waals surface area contributed by atoms with Crippen LogP contribution in [0.2, 0.25) is 5.02 Å². The number of aromatic nitrogens is 1. The van der Waals surface area contributed by atoms with Crippen molar-refractivity contribution in [1.82, 2.24) is 4.98 Å². The highest BCUT2D eigenvalue weighted by Gasteiger charge is 2.09. The number of carbonyl (C=O) groups excluding carboxylic acids is 1. The molecule has 1 N–H and O–H groups in total. The first-order valence-corrected chi connectivity index (χ1v) is 7.02. The molecule has 3 nitrogen and oxygen atoms in total. The Morgan fingerprint density at radius 3 is 2.83 bits per heavy atom. The number of para-hydroxylation sites is 1. The molecule has 6 heteroatoms. The van der Waals surface area contributed by atoms with Crippen LogP contribution in [0.4, 0.5) is 5.69 Å². The van der Waals surface area contributed by atoms with Crippen LogP contribution in [-0.2, 0) is 17.1 Å². The highest BCUT2D eigenvalue weighted by atomic mass is 35.5. The third-order valence-electron chi connectivity index (χ3n) is 2.20. The standard InChI is InChI=1S/C12H10Cl2N2OS/c13-6-8-7-18-12(15-8)5-11(17)16-10-4-2-1-3-9(10)14/h1-4,7H,5-6H2,(H,16,17). The van der Waals surface area contributed by atoms with E-state index in [1.807, 2.05) is 17.5 Å². The van der Waals surface area contributed by atoms with Crippen LogP contribution in [0.3, 0.4) is 0 Å². The van der Waals surface area contributed by atoms with E-state index in [-0.39, 0.29) is 12.3 Å². The summed E-state index contributed by atoms with van der Waals surface area (Å²) < 4.78 is 0. The predicted molar refractivity (Wildman–Crippen MR) is 75.5 cm³/mol. The first-order valence-electron chi connectivity index (χ1n) is 5.22. The Balaban J connectivity index is 1.99. The molecular weight excluding hydrogens is 291 g/mol. The number of amides is 1. The van der Waals surface area contributed by atoms with Crippen molar-refractivity contribution in [3.63, 3.8) is 0 Å². The molecule has 0 aliphatic rings. The Labute approximate surface area is 119 Å². The van der Waals surface area contributed by atoms with Gasteiger partial charge in [-0.1, -0.05) is 23.7 Å². The van der Waals surface area contributed by atoms with Gasteiger partial charge in [0.25, 0.3) is 0 Å². The minimum Gasteiger partial charge on any atom is -0.324 e. The summed E-state index contributed by atoms with van der Waals surface area (Å²) in [6, 6.07) is 7.11. The van der Waals surface area contributed by atoms with E-state index in [0.29, 0.717) is 16.6 Å². The Morgan fingerprint density at radius 1 is 1.39 bits per heavy atom. The van der Waals surface area contributed by atoms with Crippen LogP contribution < -0.4 is 5.32 Å². The number of anilines is 1. The van der Waals surface area contributed by atoms with Crippen LogP contribution in [0.15, 0.2) is 29.6 Å². The Hall–Kier alpha value is -1.10. The van der Waals surface area contributed by atoms with Crippen LogP contribution in [-0.4, -0.2) is 10.9 Å². The summed E-state index contributed by atoms with van der Waals surface area (Å²) in [4.78, 5) is 16.0. The Bertz CT molecular complexity index is 557. The number of thiazole rings is 1. The largest absolute Gasteiger partial charge is 0.324 e. The molecule has 1 amide bonds. The fourth-order valence-corrected chi connectivity index (χ4v) is 2.59. The van der Waals surface area contributed by atoms with E-state index in [9.17, 15) is 4.79 Å². The van der Waals surface area contributed by atoms with Crippen LogP contribution in [0.25, 0.3) is 0 Å². The SMILES string of the molecule is O=C(Cc1nc(CCl)cs1)Nc1ccccc1Cl. The van der Waals surface area contributed by atoms with Gasteiger partial charge in [-0.25, -0.2) is 4.98 Å². The average molecular weight is 301 g/mol. The van der Waals surface area contributed by atoms with Gasteiger partial charge in [-0.3, -0.25) is 4.79 Å². The molecule has 0 saturated heterocycles. The van der Waals surface area contributed by atoms with Gasteiger partial charge in [0.15, 0.2) is 0 Å². The molecule has 2 rings (SSSR count). The van der Waals surface area contributed by atoms with Crippen molar-refractivity contribution < 1.29 is 4.79 Å². The number of hydrogen-bond donors (Lipinski definition) is 1. The van der Waals surface area contributed by atoms with Gasteiger partial charge in [0.1, 0.15) is 5.01 Å². The van der Waals surface area contributed by atoms with E-state index < -0.39 is 0 Å². The lowest BCUT2D eigenvalue weighted by atomic mass is 10.3. The van der Waals surface area contributed by atoms with E-state index in [1.54, 1.807) is 12.1 Å². The minimum atomic E-state index is -0.140. The monoisotopic (exact) mass is 300 g/mol. The summed E-state index contributed by atoms with van der Waals surface area (Å²) >= 11 is 13.0. The molecule has 1 heterocycles. The molecule has 0 fully saturated rings. The molecule has 94 valence electrons. The second-order valence-corrected chi connectivity index (χ2v) is 5.19. The fourth-order valence-electron chi connectivity index (χ4n) is 1.39. The molecule has 1 aromatic carbocycles. The third-order valence-corrected chi connectivity index (χ3v) is 3.70. The highest BCUT2D eigenvalue weighted by Crippen LogP contribution is 2.21. The molecule has 0 saturated carbocycles. The number of hydrogen-bond acceptors (Lipinski definition) is 3. The molecule has 0 unspecified atom stereocenters. The molecular formula is C12H10Cl2N2OS. The molecule has 0 atom stereocenters. The van der Waals surface area contributed by atoms with Gasteiger partial charge in [0, 0.05) is 5.38 Å². The van der Waals surface area contributed by atoms with Crippen molar-refractivity contribution in [2.24, 2.45) is 0 Å². The van der Waals surface area contributed by atoms with E-state index in [4.69, 9.17) is 23.2 Å². The van der Waals surface area contributed by atoms with Crippen molar-refractivity contribution in [3.8, 4) is 0 Å². The summed E-state index contributed by atoms with van der Waals surface area (Å²) in [6.07, 6.45) is 0.229. The van der Waals surface area contributed by atoms with E-state index in [1.165, 1.54) is 11.3 Å². The summed E-state index contributed by atoms with van der Waals surface area (Å²) in [5.41, 5.74) is 1.40. The summed E-state index contributed by atoms with van der Waals surface area (Å²) in [6.45, 7) is 0. The zero-order valence-electron chi connectivity index (χ0n) is 9.32. The second kappa shape index (κ2) is 6.18. The van der Waals surface area contributed by atoms with Gasteiger partial charge >= 0.3 is 0 Å². The number of carbonyl (C=O) groups is 1. The lowest BCUT2D eigenvalue weighted by molar-refractivity contribution is -0.115. The van der Waals surface area contributed by atoms with Gasteiger partial charge in [-0.15, -0.1) is 22.9 Å². The van der Waals surface area contributed by atoms with Crippen LogP contribution in [0.5, 0.6) is 0 Å². The van der Waals surface area contributed by atoms with Crippen LogP contribution in [0, 0.1) is 0 Å². The Kier molecular flexibility index (Phi) is 4.58. The van der Waals surface area contributed by atoms with E-state index >= 15 is 0 Å². The van der Waals surface area contributed by atoms with Crippen molar-refractivity contribution >= 4 is 46.1 Å². The number of rotatable bonds is 4. The highest BCUT2D eigenvalue weighted by molar-refractivity contribution is 7.09. The lowest BCUT2D eigenvalue weighted by Crippen LogP contribution is -2.14. The smallest absolute Gasteiger partial charge is 0.231 e. The summed E-state index contributed by atoms with van der Waals surface area (Å²) in [7, 11) is 0. The molecule has 1 aromatic heterocycles. The Morgan fingerprint density at radius 2 is 2.17 bits per heavy atom. The molecule has 0 aliphatic heterocycles. The average Bonchev–Trinajstić information content (AvgIpc) is 2.80. The minimum absolute atomic E-state index is 0.140. The second-order valence-electron chi connectivity index (χ2n) is 3.57. The van der Waals surface area contributed by atoms with Crippen molar-refractivity contribution in [2.75, 3.05) is 5.32 Å². The molecule has 0 bridgehead atoms. The third kappa shape index (κ3) is 3.45. The zero-order chi connectivity index (χ0) is 13.0. The number of benzene rings is 1. The van der Waals surface area contributed by atoms with Gasteiger partial charge in [0.05, 0.1) is 28.7 Å². The molecule has 2 aromatic rings. The van der Waals surface area contributed by atoms with Crippen LogP contribution in [0.1, 0.15) is 10.7 Å². The molecule has 18 heavy (non-hydrogen) atoms.